The number of amides is 1. The van der Waals surface area contributed by atoms with Crippen molar-refractivity contribution < 1.29 is 14.7 Å². The molecule has 1 amide bonds. The largest absolute Gasteiger partial charge is 0.478 e. The fourth-order valence-corrected chi connectivity index (χ4v) is 2.54. The summed E-state index contributed by atoms with van der Waals surface area (Å²) < 4.78 is 0. The van der Waals surface area contributed by atoms with Crippen molar-refractivity contribution in [3.63, 3.8) is 0 Å². The summed E-state index contributed by atoms with van der Waals surface area (Å²) in [6.45, 7) is 3.72. The van der Waals surface area contributed by atoms with E-state index in [0.717, 1.165) is 16.8 Å². The normalized spacial score (nSPS) is 15.8. The van der Waals surface area contributed by atoms with E-state index in [4.69, 9.17) is 5.11 Å². The Morgan fingerprint density at radius 2 is 1.75 bits per heavy atom. The van der Waals surface area contributed by atoms with E-state index in [9.17, 15) is 9.59 Å². The average Bonchev–Trinajstić information content (AvgIpc) is 2.84. The van der Waals surface area contributed by atoms with Gasteiger partial charge in [0.05, 0.1) is 22.5 Å². The number of para-hydroxylation sites is 1. The Morgan fingerprint density at radius 1 is 1.08 bits per heavy atom. The molecule has 24 heavy (non-hydrogen) atoms. The first-order valence-corrected chi connectivity index (χ1v) is 7.48. The maximum atomic E-state index is 12.7. The second kappa shape index (κ2) is 6.12. The quantitative estimate of drug-likeness (QED) is 0.880. The van der Waals surface area contributed by atoms with Crippen molar-refractivity contribution in [2.75, 3.05) is 5.01 Å². The van der Waals surface area contributed by atoms with Crippen LogP contribution in [0.4, 0.5) is 5.69 Å². The number of rotatable bonds is 3. The predicted octanol–water partition coefficient (Wildman–Crippen LogP) is 3.50. The monoisotopic (exact) mass is 320 g/mol. The molecule has 0 spiro atoms. The lowest BCUT2D eigenvalue weighted by Gasteiger charge is -2.14. The molecule has 0 atom stereocenters. The molecule has 0 unspecified atom stereocenters. The van der Waals surface area contributed by atoms with Crippen molar-refractivity contribution in [3.05, 3.63) is 70.8 Å². The van der Waals surface area contributed by atoms with E-state index in [1.165, 1.54) is 17.1 Å². The highest BCUT2D eigenvalue weighted by Crippen LogP contribution is 2.27. The number of benzene rings is 2. The van der Waals surface area contributed by atoms with Crippen LogP contribution in [0.3, 0.4) is 0 Å². The summed E-state index contributed by atoms with van der Waals surface area (Å²) in [6, 6.07) is 13.9. The molecular formula is C19H16N2O3. The molecule has 0 saturated heterocycles. The Hall–Kier alpha value is -3.21. The second-order valence-electron chi connectivity index (χ2n) is 5.57. The molecule has 0 fully saturated rings. The number of carboxylic acids is 1. The van der Waals surface area contributed by atoms with Crippen molar-refractivity contribution in [3.8, 4) is 0 Å². The first-order chi connectivity index (χ1) is 11.5. The number of hydrogen-bond donors (Lipinski definition) is 1. The molecule has 2 aromatic carbocycles. The second-order valence-corrected chi connectivity index (χ2v) is 5.57. The zero-order chi connectivity index (χ0) is 17.3. The van der Waals surface area contributed by atoms with Gasteiger partial charge in [-0.05, 0) is 49.2 Å². The Kier molecular flexibility index (Phi) is 4.00. The molecule has 1 aliphatic heterocycles. The minimum atomic E-state index is -0.977. The predicted molar refractivity (Wildman–Crippen MR) is 93.2 cm³/mol. The molecule has 2 aromatic rings. The number of anilines is 1. The lowest BCUT2D eigenvalue weighted by Crippen LogP contribution is -2.22. The first-order valence-electron chi connectivity index (χ1n) is 7.48. The lowest BCUT2D eigenvalue weighted by atomic mass is 10.1. The first kappa shape index (κ1) is 15.7. The fourth-order valence-electron chi connectivity index (χ4n) is 2.54. The summed E-state index contributed by atoms with van der Waals surface area (Å²) in [5.41, 5.74) is 3.82. The fraction of sp³-hybridized carbons (Fsp3) is 0.105. The maximum Gasteiger partial charge on any atom is 0.335 e. The highest BCUT2D eigenvalue weighted by molar-refractivity contribution is 6.32. The summed E-state index contributed by atoms with van der Waals surface area (Å²) in [6.07, 6.45) is 1.73. The third kappa shape index (κ3) is 2.84. The molecule has 0 radical (unpaired) electrons. The van der Waals surface area contributed by atoms with E-state index < -0.39 is 5.97 Å². The van der Waals surface area contributed by atoms with E-state index in [2.05, 4.69) is 5.10 Å². The van der Waals surface area contributed by atoms with Gasteiger partial charge >= 0.3 is 5.97 Å². The standard InChI is InChI=1S/C19H16N2O3/c1-12-5-3-4-6-17(12)21-18(22)16(13(2)20-21)11-14-7-9-15(10-8-14)19(23)24/h3-11H,1-2H3,(H,23,24)/b16-11-. The van der Waals surface area contributed by atoms with Crippen molar-refractivity contribution in [2.24, 2.45) is 5.10 Å². The van der Waals surface area contributed by atoms with E-state index in [1.54, 1.807) is 25.1 Å². The molecule has 5 heteroatoms. The molecular weight excluding hydrogens is 304 g/mol. The molecule has 3 rings (SSSR count). The molecule has 120 valence electrons. The molecule has 0 aromatic heterocycles. The average molecular weight is 320 g/mol. The van der Waals surface area contributed by atoms with Crippen molar-refractivity contribution >= 4 is 29.4 Å². The number of aryl methyl sites for hydroxylation is 1. The summed E-state index contributed by atoms with van der Waals surface area (Å²) >= 11 is 0. The van der Waals surface area contributed by atoms with Gasteiger partial charge in [0.1, 0.15) is 0 Å². The van der Waals surface area contributed by atoms with Crippen LogP contribution in [-0.4, -0.2) is 22.7 Å². The van der Waals surface area contributed by atoms with Crippen LogP contribution in [0.15, 0.2) is 59.2 Å². The van der Waals surface area contributed by atoms with Crippen LogP contribution < -0.4 is 5.01 Å². The Labute approximate surface area is 139 Å². The van der Waals surface area contributed by atoms with E-state index in [-0.39, 0.29) is 11.5 Å². The number of nitrogens with zero attached hydrogens (tertiary/aromatic N) is 2. The van der Waals surface area contributed by atoms with Crippen LogP contribution in [0.5, 0.6) is 0 Å². The molecule has 0 aliphatic carbocycles. The highest BCUT2D eigenvalue weighted by Gasteiger charge is 2.29. The molecule has 1 aliphatic rings. The maximum absolute atomic E-state index is 12.7. The number of carbonyl (C=O) groups excluding carboxylic acids is 1. The van der Waals surface area contributed by atoms with Gasteiger partial charge in [-0.2, -0.15) is 10.1 Å². The minimum Gasteiger partial charge on any atom is -0.478 e. The topological polar surface area (TPSA) is 70.0 Å². The van der Waals surface area contributed by atoms with Gasteiger partial charge in [0.25, 0.3) is 5.91 Å². The SMILES string of the molecule is CC1=NN(c2ccccc2C)C(=O)/C1=C\c1ccc(C(=O)O)cc1. The van der Waals surface area contributed by atoms with Crippen molar-refractivity contribution in [1.82, 2.24) is 0 Å². The highest BCUT2D eigenvalue weighted by atomic mass is 16.4. The Bertz CT molecular complexity index is 880. The van der Waals surface area contributed by atoms with Crippen LogP contribution in [0.2, 0.25) is 0 Å². The van der Waals surface area contributed by atoms with Crippen LogP contribution in [-0.2, 0) is 4.79 Å². The summed E-state index contributed by atoms with van der Waals surface area (Å²) in [4.78, 5) is 23.6. The summed E-state index contributed by atoms with van der Waals surface area (Å²) in [5.74, 6) is -1.17. The van der Waals surface area contributed by atoms with Gasteiger partial charge in [-0.25, -0.2) is 4.79 Å². The number of carbonyl (C=O) groups is 2. The Balaban J connectivity index is 1.93. The zero-order valence-electron chi connectivity index (χ0n) is 13.4. The summed E-state index contributed by atoms with van der Waals surface area (Å²) in [5, 5.41) is 14.7. The van der Waals surface area contributed by atoms with Gasteiger partial charge in [0.2, 0.25) is 0 Å². The van der Waals surface area contributed by atoms with Gasteiger partial charge in [-0.1, -0.05) is 30.3 Å². The van der Waals surface area contributed by atoms with E-state index in [1.807, 2.05) is 31.2 Å². The third-order valence-electron chi connectivity index (χ3n) is 3.87. The van der Waals surface area contributed by atoms with Gasteiger partial charge in [0, 0.05) is 0 Å². The number of carboxylic acid groups (broad SMARTS) is 1. The van der Waals surface area contributed by atoms with Crippen LogP contribution in [0, 0.1) is 6.92 Å². The van der Waals surface area contributed by atoms with Crippen molar-refractivity contribution in [2.45, 2.75) is 13.8 Å². The third-order valence-corrected chi connectivity index (χ3v) is 3.87. The minimum absolute atomic E-state index is 0.191. The van der Waals surface area contributed by atoms with Gasteiger partial charge in [-0.3, -0.25) is 4.79 Å². The molecule has 5 nitrogen and oxygen atoms in total. The Morgan fingerprint density at radius 3 is 2.38 bits per heavy atom. The number of aromatic carboxylic acids is 1. The zero-order valence-corrected chi connectivity index (χ0v) is 13.4. The molecule has 0 bridgehead atoms. The lowest BCUT2D eigenvalue weighted by molar-refractivity contribution is -0.114. The van der Waals surface area contributed by atoms with Crippen LogP contribution in [0.25, 0.3) is 6.08 Å². The van der Waals surface area contributed by atoms with Crippen LogP contribution in [0.1, 0.15) is 28.4 Å². The summed E-state index contributed by atoms with van der Waals surface area (Å²) in [7, 11) is 0. The molecule has 0 saturated carbocycles. The van der Waals surface area contributed by atoms with Gasteiger partial charge < -0.3 is 5.11 Å². The van der Waals surface area contributed by atoms with Crippen molar-refractivity contribution in [1.29, 1.82) is 0 Å². The number of hydrazone groups is 1. The van der Waals surface area contributed by atoms with E-state index in [0.29, 0.717) is 11.3 Å². The van der Waals surface area contributed by atoms with Gasteiger partial charge in [-0.15, -0.1) is 0 Å². The number of hydrogen-bond acceptors (Lipinski definition) is 3. The molecule has 1 heterocycles. The van der Waals surface area contributed by atoms with E-state index >= 15 is 0 Å². The molecule has 1 N–H and O–H groups in total. The van der Waals surface area contributed by atoms with Crippen LogP contribution >= 0.6 is 0 Å². The smallest absolute Gasteiger partial charge is 0.335 e. The van der Waals surface area contributed by atoms with Gasteiger partial charge in [0.15, 0.2) is 0 Å².